The van der Waals surface area contributed by atoms with Crippen LogP contribution in [-0.4, -0.2) is 31.3 Å². The number of rotatable bonds is 6. The molecule has 1 N–H and O–H groups in total. The zero-order chi connectivity index (χ0) is 18.6. The number of nitrogens with one attached hydrogen (secondary N) is 1. The van der Waals surface area contributed by atoms with E-state index in [1.807, 2.05) is 12.1 Å². The first-order valence-electron chi connectivity index (χ1n) is 8.53. The van der Waals surface area contributed by atoms with E-state index in [-0.39, 0.29) is 4.90 Å². The van der Waals surface area contributed by atoms with Crippen LogP contribution in [0.5, 0.6) is 0 Å². The van der Waals surface area contributed by atoms with Crippen molar-refractivity contribution in [1.82, 2.24) is 4.90 Å². The highest BCUT2D eigenvalue weighted by Gasteiger charge is 2.25. The Morgan fingerprint density at radius 3 is 2.31 bits per heavy atom. The molecule has 0 radical (unpaired) electrons. The summed E-state index contributed by atoms with van der Waals surface area (Å²) in [6.07, 6.45) is 3.71. The molecule has 7 nitrogen and oxygen atoms in total. The van der Waals surface area contributed by atoms with Gasteiger partial charge in [-0.15, -0.1) is 0 Å². The molecule has 0 aromatic heterocycles. The number of nitrogens with zero attached hydrogens (tertiary/aromatic N) is 2. The van der Waals surface area contributed by atoms with Crippen molar-refractivity contribution in [3.05, 3.63) is 64.2 Å². The highest BCUT2D eigenvalue weighted by Crippen LogP contribution is 2.25. The molecule has 0 unspecified atom stereocenters. The fourth-order valence-electron chi connectivity index (χ4n) is 3.10. The van der Waals surface area contributed by atoms with Gasteiger partial charge in [-0.25, -0.2) is 8.42 Å². The molecule has 0 saturated carbocycles. The summed E-state index contributed by atoms with van der Waals surface area (Å²) < 4.78 is 27.4. The summed E-state index contributed by atoms with van der Waals surface area (Å²) in [5.74, 6) is 0. The predicted molar refractivity (Wildman–Crippen MR) is 99.5 cm³/mol. The lowest BCUT2D eigenvalue weighted by molar-refractivity contribution is -0.387. The first-order valence-corrected chi connectivity index (χ1v) is 10.0. The Morgan fingerprint density at radius 2 is 1.65 bits per heavy atom. The molecule has 0 spiro atoms. The van der Waals surface area contributed by atoms with Crippen molar-refractivity contribution in [2.75, 3.05) is 17.8 Å². The second kappa shape index (κ2) is 7.84. The van der Waals surface area contributed by atoms with Gasteiger partial charge in [-0.2, -0.15) is 0 Å². The number of nitro groups is 1. The SMILES string of the molecule is O=[N+]([O-])c1ccccc1S(=O)(=O)Nc1ccc(CN2CCCCC2)cc1. The van der Waals surface area contributed by atoms with Crippen LogP contribution >= 0.6 is 0 Å². The van der Waals surface area contributed by atoms with Crippen LogP contribution in [0.4, 0.5) is 11.4 Å². The Labute approximate surface area is 152 Å². The van der Waals surface area contributed by atoms with E-state index in [0.29, 0.717) is 5.69 Å². The van der Waals surface area contributed by atoms with E-state index in [1.165, 1.54) is 43.5 Å². The number of likely N-dealkylation sites (tertiary alicyclic amines) is 1. The van der Waals surface area contributed by atoms with E-state index in [2.05, 4.69) is 9.62 Å². The van der Waals surface area contributed by atoms with Crippen molar-refractivity contribution in [3.8, 4) is 0 Å². The third kappa shape index (κ3) is 4.39. The van der Waals surface area contributed by atoms with Crippen molar-refractivity contribution < 1.29 is 13.3 Å². The quantitative estimate of drug-likeness (QED) is 0.617. The molecular formula is C18H21N3O4S. The van der Waals surface area contributed by atoms with Crippen LogP contribution in [0.15, 0.2) is 53.4 Å². The summed E-state index contributed by atoms with van der Waals surface area (Å²) in [6.45, 7) is 3.02. The van der Waals surface area contributed by atoms with Gasteiger partial charge in [-0.3, -0.25) is 19.7 Å². The lowest BCUT2D eigenvalue weighted by Gasteiger charge is -2.26. The Kier molecular flexibility index (Phi) is 5.53. The smallest absolute Gasteiger partial charge is 0.289 e. The number of hydrogen-bond acceptors (Lipinski definition) is 5. The molecule has 0 aliphatic carbocycles. The maximum atomic E-state index is 12.5. The van der Waals surface area contributed by atoms with E-state index in [4.69, 9.17) is 0 Å². The first-order chi connectivity index (χ1) is 12.5. The normalized spacial score (nSPS) is 15.5. The molecule has 3 rings (SSSR count). The summed E-state index contributed by atoms with van der Waals surface area (Å²) >= 11 is 0. The molecule has 138 valence electrons. The van der Waals surface area contributed by atoms with Gasteiger partial charge in [0.1, 0.15) is 0 Å². The second-order valence-corrected chi connectivity index (χ2v) is 8.01. The average Bonchev–Trinajstić information content (AvgIpc) is 2.64. The highest BCUT2D eigenvalue weighted by atomic mass is 32.2. The van der Waals surface area contributed by atoms with Gasteiger partial charge in [0.25, 0.3) is 15.7 Å². The topological polar surface area (TPSA) is 92.5 Å². The second-order valence-electron chi connectivity index (χ2n) is 6.36. The molecule has 1 heterocycles. The molecule has 1 saturated heterocycles. The van der Waals surface area contributed by atoms with Crippen LogP contribution in [0.2, 0.25) is 0 Å². The molecule has 1 fully saturated rings. The Bertz CT molecular complexity index is 876. The Balaban J connectivity index is 1.73. The molecule has 2 aromatic rings. The van der Waals surface area contributed by atoms with Gasteiger partial charge < -0.3 is 0 Å². The maximum Gasteiger partial charge on any atom is 0.289 e. The molecule has 8 heteroatoms. The molecule has 26 heavy (non-hydrogen) atoms. The van der Waals surface area contributed by atoms with Crippen LogP contribution in [0, 0.1) is 10.1 Å². The van der Waals surface area contributed by atoms with Gasteiger partial charge in [0.05, 0.1) is 4.92 Å². The average molecular weight is 375 g/mol. The summed E-state index contributed by atoms with van der Waals surface area (Å²) in [5.41, 5.74) is 1.05. The predicted octanol–water partition coefficient (Wildman–Crippen LogP) is 3.38. The number of piperidine rings is 1. The molecule has 0 bridgehead atoms. The van der Waals surface area contributed by atoms with E-state index in [9.17, 15) is 18.5 Å². The van der Waals surface area contributed by atoms with Crippen LogP contribution in [0.1, 0.15) is 24.8 Å². The number of sulfonamides is 1. The number of anilines is 1. The van der Waals surface area contributed by atoms with E-state index in [0.717, 1.165) is 25.2 Å². The Hall–Kier alpha value is -2.45. The zero-order valence-electron chi connectivity index (χ0n) is 14.3. The van der Waals surface area contributed by atoms with Crippen molar-refractivity contribution in [2.45, 2.75) is 30.7 Å². The van der Waals surface area contributed by atoms with Gasteiger partial charge in [-0.1, -0.05) is 30.7 Å². The molecule has 1 aliphatic rings. The monoisotopic (exact) mass is 375 g/mol. The lowest BCUT2D eigenvalue weighted by atomic mass is 10.1. The summed E-state index contributed by atoms with van der Waals surface area (Å²) in [6, 6.07) is 12.4. The summed E-state index contributed by atoms with van der Waals surface area (Å²) in [5, 5.41) is 11.1. The van der Waals surface area contributed by atoms with Gasteiger partial charge in [0.2, 0.25) is 0 Å². The molecule has 0 amide bonds. The molecule has 2 aromatic carbocycles. The summed E-state index contributed by atoms with van der Waals surface area (Å²) in [7, 11) is -4.03. The minimum absolute atomic E-state index is 0.345. The maximum absolute atomic E-state index is 12.5. The van der Waals surface area contributed by atoms with Gasteiger partial charge in [0.15, 0.2) is 4.90 Å². The third-order valence-electron chi connectivity index (χ3n) is 4.41. The minimum atomic E-state index is -4.03. The van der Waals surface area contributed by atoms with E-state index >= 15 is 0 Å². The Morgan fingerprint density at radius 1 is 1.00 bits per heavy atom. The standard InChI is InChI=1S/C18H21N3O4S/c22-21(23)17-6-2-3-7-18(17)26(24,25)19-16-10-8-15(9-11-16)14-20-12-4-1-5-13-20/h2-3,6-11,19H,1,4-5,12-14H2. The third-order valence-corrected chi connectivity index (χ3v) is 5.84. The first kappa shape index (κ1) is 18.3. The largest absolute Gasteiger partial charge is 0.299 e. The fourth-order valence-corrected chi connectivity index (χ4v) is 4.33. The minimum Gasteiger partial charge on any atom is -0.299 e. The van der Waals surface area contributed by atoms with Crippen molar-refractivity contribution in [1.29, 1.82) is 0 Å². The van der Waals surface area contributed by atoms with Crippen LogP contribution in [-0.2, 0) is 16.6 Å². The van der Waals surface area contributed by atoms with E-state index < -0.39 is 20.6 Å². The zero-order valence-corrected chi connectivity index (χ0v) is 15.1. The lowest BCUT2D eigenvalue weighted by Crippen LogP contribution is -2.29. The number of benzene rings is 2. The highest BCUT2D eigenvalue weighted by molar-refractivity contribution is 7.92. The number of hydrogen-bond donors (Lipinski definition) is 1. The van der Waals surface area contributed by atoms with Crippen molar-refractivity contribution >= 4 is 21.4 Å². The van der Waals surface area contributed by atoms with Gasteiger partial charge in [-0.05, 0) is 49.7 Å². The number of para-hydroxylation sites is 1. The van der Waals surface area contributed by atoms with E-state index in [1.54, 1.807) is 12.1 Å². The van der Waals surface area contributed by atoms with Crippen molar-refractivity contribution in [3.63, 3.8) is 0 Å². The summed E-state index contributed by atoms with van der Waals surface area (Å²) in [4.78, 5) is 12.4. The number of nitro benzene ring substituents is 1. The fraction of sp³-hybridized carbons (Fsp3) is 0.333. The van der Waals surface area contributed by atoms with Gasteiger partial charge >= 0.3 is 0 Å². The molecular weight excluding hydrogens is 354 g/mol. The van der Waals surface area contributed by atoms with Crippen molar-refractivity contribution in [2.24, 2.45) is 0 Å². The molecule has 1 aliphatic heterocycles. The van der Waals surface area contributed by atoms with Crippen LogP contribution < -0.4 is 4.72 Å². The van der Waals surface area contributed by atoms with Gasteiger partial charge in [0, 0.05) is 18.3 Å². The van der Waals surface area contributed by atoms with Crippen LogP contribution in [0.3, 0.4) is 0 Å². The van der Waals surface area contributed by atoms with Crippen LogP contribution in [0.25, 0.3) is 0 Å². The molecule has 0 atom stereocenters.